The van der Waals surface area contributed by atoms with E-state index in [1.54, 1.807) is 0 Å². The van der Waals surface area contributed by atoms with E-state index >= 15 is 0 Å². The van der Waals surface area contributed by atoms with Gasteiger partial charge in [0.15, 0.2) is 0 Å². The molecule has 0 aliphatic carbocycles. The van der Waals surface area contributed by atoms with Crippen LogP contribution in [-0.2, 0) is 4.79 Å². The molecule has 1 heterocycles. The van der Waals surface area contributed by atoms with E-state index in [9.17, 15) is 4.79 Å². The lowest BCUT2D eigenvalue weighted by molar-refractivity contribution is -0.137. The molecule has 3 heteroatoms. The van der Waals surface area contributed by atoms with Crippen molar-refractivity contribution in [2.45, 2.75) is 32.2 Å². The monoisotopic (exact) mass is 259 g/mol. The first-order valence-electron chi connectivity index (χ1n) is 6.86. The second kappa shape index (κ2) is 6.53. The van der Waals surface area contributed by atoms with Gasteiger partial charge in [-0.05, 0) is 29.9 Å². The molecular formula is C16H21NO2. The fourth-order valence-electron chi connectivity index (χ4n) is 2.57. The Balaban J connectivity index is 1.96. The van der Waals surface area contributed by atoms with E-state index in [0.717, 1.165) is 19.4 Å². The molecule has 0 aromatic heterocycles. The molecule has 102 valence electrons. The number of hydrogen-bond acceptors (Lipinski definition) is 2. The molecule has 0 spiro atoms. The minimum Gasteiger partial charge on any atom is -0.481 e. The Hall–Kier alpha value is -1.61. The standard InChI is InChI=1S/C16H21NO2/c1-12(7-8-16(18)19)15-11-14(9-10-17-15)13-5-3-2-4-6-13/h2-6,9,12,15,17H,7-8,10-11H2,1H3,(H,18,19). The topological polar surface area (TPSA) is 49.3 Å². The summed E-state index contributed by atoms with van der Waals surface area (Å²) in [5.41, 5.74) is 2.64. The molecular weight excluding hydrogens is 238 g/mol. The van der Waals surface area contributed by atoms with Gasteiger partial charge in [-0.3, -0.25) is 4.79 Å². The molecule has 2 rings (SSSR count). The van der Waals surface area contributed by atoms with Crippen LogP contribution in [0, 0.1) is 5.92 Å². The van der Waals surface area contributed by atoms with Crippen LogP contribution >= 0.6 is 0 Å². The molecule has 3 nitrogen and oxygen atoms in total. The maximum absolute atomic E-state index is 10.6. The van der Waals surface area contributed by atoms with Crippen molar-refractivity contribution in [3.05, 3.63) is 42.0 Å². The summed E-state index contributed by atoms with van der Waals surface area (Å²) in [4.78, 5) is 10.6. The summed E-state index contributed by atoms with van der Waals surface area (Å²) < 4.78 is 0. The number of hydrogen-bond donors (Lipinski definition) is 2. The third-order valence-electron chi connectivity index (χ3n) is 3.81. The first-order chi connectivity index (χ1) is 9.16. The van der Waals surface area contributed by atoms with Crippen LogP contribution in [0.25, 0.3) is 5.57 Å². The molecule has 1 aliphatic heterocycles. The van der Waals surface area contributed by atoms with Gasteiger partial charge in [-0.15, -0.1) is 0 Å². The second-order valence-corrected chi connectivity index (χ2v) is 5.22. The number of nitrogens with one attached hydrogen (secondary N) is 1. The Labute approximate surface area is 114 Å². The van der Waals surface area contributed by atoms with Crippen LogP contribution in [0.3, 0.4) is 0 Å². The van der Waals surface area contributed by atoms with Gasteiger partial charge in [0.05, 0.1) is 0 Å². The number of carboxylic acids is 1. The smallest absolute Gasteiger partial charge is 0.303 e. The van der Waals surface area contributed by atoms with Crippen LogP contribution < -0.4 is 5.32 Å². The summed E-state index contributed by atoms with van der Waals surface area (Å²) in [7, 11) is 0. The van der Waals surface area contributed by atoms with Crippen LogP contribution in [0.2, 0.25) is 0 Å². The lowest BCUT2D eigenvalue weighted by Gasteiger charge is -2.29. The first-order valence-corrected chi connectivity index (χ1v) is 6.86. The summed E-state index contributed by atoms with van der Waals surface area (Å²) in [6, 6.07) is 10.8. The van der Waals surface area contributed by atoms with E-state index in [0.29, 0.717) is 12.0 Å². The third-order valence-corrected chi connectivity index (χ3v) is 3.81. The lowest BCUT2D eigenvalue weighted by atomic mass is 9.87. The summed E-state index contributed by atoms with van der Waals surface area (Å²) in [5, 5.41) is 12.2. The SMILES string of the molecule is CC(CCC(=O)O)C1CC(c2ccccc2)=CCN1. The highest BCUT2D eigenvalue weighted by atomic mass is 16.4. The second-order valence-electron chi connectivity index (χ2n) is 5.22. The van der Waals surface area contributed by atoms with Gasteiger partial charge >= 0.3 is 5.97 Å². The normalized spacial score (nSPS) is 20.7. The van der Waals surface area contributed by atoms with E-state index in [4.69, 9.17) is 5.11 Å². The molecule has 0 bridgehead atoms. The van der Waals surface area contributed by atoms with Gasteiger partial charge in [-0.25, -0.2) is 0 Å². The lowest BCUT2D eigenvalue weighted by Crippen LogP contribution is -2.38. The van der Waals surface area contributed by atoms with Crippen molar-refractivity contribution in [1.82, 2.24) is 5.32 Å². The zero-order valence-electron chi connectivity index (χ0n) is 11.3. The van der Waals surface area contributed by atoms with Crippen molar-refractivity contribution in [2.24, 2.45) is 5.92 Å². The number of carboxylic acid groups (broad SMARTS) is 1. The van der Waals surface area contributed by atoms with E-state index in [1.165, 1.54) is 11.1 Å². The van der Waals surface area contributed by atoms with Crippen LogP contribution in [-0.4, -0.2) is 23.7 Å². The zero-order valence-corrected chi connectivity index (χ0v) is 11.3. The van der Waals surface area contributed by atoms with Crippen molar-refractivity contribution in [2.75, 3.05) is 6.54 Å². The molecule has 0 fully saturated rings. The van der Waals surface area contributed by atoms with Crippen LogP contribution in [0.5, 0.6) is 0 Å². The molecule has 0 radical (unpaired) electrons. The molecule has 2 atom stereocenters. The first kappa shape index (κ1) is 13.8. The number of benzene rings is 1. The summed E-state index contributed by atoms with van der Waals surface area (Å²) in [6.07, 6.45) is 4.19. The summed E-state index contributed by atoms with van der Waals surface area (Å²) in [5.74, 6) is -0.329. The van der Waals surface area contributed by atoms with E-state index in [2.05, 4.69) is 42.6 Å². The Morgan fingerprint density at radius 1 is 1.42 bits per heavy atom. The molecule has 0 amide bonds. The Morgan fingerprint density at radius 3 is 2.84 bits per heavy atom. The molecule has 2 N–H and O–H groups in total. The minimum absolute atomic E-state index is 0.254. The van der Waals surface area contributed by atoms with Crippen LogP contribution in [0.4, 0.5) is 0 Å². The summed E-state index contributed by atoms with van der Waals surface area (Å²) in [6.45, 7) is 3.00. The fraction of sp³-hybridized carbons (Fsp3) is 0.438. The molecule has 0 saturated carbocycles. The van der Waals surface area contributed by atoms with Gasteiger partial charge < -0.3 is 10.4 Å². The number of aliphatic carboxylic acids is 1. The molecule has 0 saturated heterocycles. The molecule has 1 aromatic carbocycles. The van der Waals surface area contributed by atoms with E-state index in [-0.39, 0.29) is 6.42 Å². The molecule has 1 aliphatic rings. The average Bonchev–Trinajstić information content (AvgIpc) is 2.46. The summed E-state index contributed by atoms with van der Waals surface area (Å²) >= 11 is 0. The van der Waals surface area contributed by atoms with Crippen molar-refractivity contribution in [3.8, 4) is 0 Å². The van der Waals surface area contributed by atoms with E-state index < -0.39 is 5.97 Å². The average molecular weight is 259 g/mol. The zero-order chi connectivity index (χ0) is 13.7. The van der Waals surface area contributed by atoms with Crippen molar-refractivity contribution >= 4 is 11.5 Å². The predicted octanol–water partition coefficient (Wildman–Crippen LogP) is 2.93. The third kappa shape index (κ3) is 3.93. The van der Waals surface area contributed by atoms with Crippen molar-refractivity contribution < 1.29 is 9.90 Å². The van der Waals surface area contributed by atoms with Gasteiger partial charge in [0, 0.05) is 19.0 Å². The van der Waals surface area contributed by atoms with Crippen molar-refractivity contribution in [3.63, 3.8) is 0 Å². The Bertz CT molecular complexity index is 453. The number of carbonyl (C=O) groups is 1. The van der Waals surface area contributed by atoms with Gasteiger partial charge in [0.2, 0.25) is 0 Å². The maximum Gasteiger partial charge on any atom is 0.303 e. The van der Waals surface area contributed by atoms with Crippen LogP contribution in [0.1, 0.15) is 31.7 Å². The Morgan fingerprint density at radius 2 is 2.16 bits per heavy atom. The quantitative estimate of drug-likeness (QED) is 0.854. The van der Waals surface area contributed by atoms with Gasteiger partial charge in [-0.2, -0.15) is 0 Å². The highest BCUT2D eigenvalue weighted by Crippen LogP contribution is 2.26. The highest BCUT2D eigenvalue weighted by molar-refractivity contribution is 5.67. The van der Waals surface area contributed by atoms with Crippen molar-refractivity contribution in [1.29, 1.82) is 0 Å². The molecule has 1 aromatic rings. The predicted molar refractivity (Wildman–Crippen MR) is 76.9 cm³/mol. The molecule has 19 heavy (non-hydrogen) atoms. The van der Waals surface area contributed by atoms with Gasteiger partial charge in [0.1, 0.15) is 0 Å². The highest BCUT2D eigenvalue weighted by Gasteiger charge is 2.22. The largest absolute Gasteiger partial charge is 0.481 e. The fourth-order valence-corrected chi connectivity index (χ4v) is 2.57. The Kier molecular flexibility index (Phi) is 4.74. The van der Waals surface area contributed by atoms with Gasteiger partial charge in [-0.1, -0.05) is 43.3 Å². The maximum atomic E-state index is 10.6. The minimum atomic E-state index is -0.707. The van der Waals surface area contributed by atoms with Crippen LogP contribution in [0.15, 0.2) is 36.4 Å². The number of rotatable bonds is 5. The van der Waals surface area contributed by atoms with Gasteiger partial charge in [0.25, 0.3) is 0 Å². The van der Waals surface area contributed by atoms with E-state index in [1.807, 2.05) is 6.07 Å². The molecule has 2 unspecified atom stereocenters.